The monoisotopic (exact) mass is 533 g/mol. The maximum absolute atomic E-state index is 13.5. The molecule has 0 spiro atoms. The van der Waals surface area contributed by atoms with Crippen LogP contribution in [0.15, 0.2) is 54.6 Å². The predicted octanol–water partition coefficient (Wildman–Crippen LogP) is 4.76. The van der Waals surface area contributed by atoms with Gasteiger partial charge in [0.05, 0.1) is 18.2 Å². The number of fused-ring (bicyclic) bond motifs is 1. The van der Waals surface area contributed by atoms with Crippen molar-refractivity contribution < 1.29 is 28.9 Å². The Morgan fingerprint density at radius 3 is 2.74 bits per heavy atom. The van der Waals surface area contributed by atoms with Crippen molar-refractivity contribution in [2.75, 3.05) is 18.1 Å². The van der Waals surface area contributed by atoms with Gasteiger partial charge in [-0.05, 0) is 62.2 Å². The fraction of sp³-hybridized carbons (Fsp3) is 0.286. The van der Waals surface area contributed by atoms with Gasteiger partial charge in [0.1, 0.15) is 29.2 Å². The Hall–Kier alpha value is -4.18. The molecule has 2 atom stereocenters. The fourth-order valence-corrected chi connectivity index (χ4v) is 5.40. The Kier molecular flexibility index (Phi) is 6.90. The zero-order valence-electron chi connectivity index (χ0n) is 21.3. The van der Waals surface area contributed by atoms with Gasteiger partial charge >= 0.3 is 5.91 Å². The molecule has 0 saturated carbocycles. The molecule has 0 bridgehead atoms. The molecule has 1 amide bonds. The molecular weight excluding hydrogens is 506 g/mol. The Balaban J connectivity index is 1.67. The summed E-state index contributed by atoms with van der Waals surface area (Å²) in [6, 6.07) is 9.46. The fourth-order valence-electron chi connectivity index (χ4n) is 4.68. The third-order valence-electron chi connectivity index (χ3n) is 6.28. The number of carbonyl (C=O) groups is 2. The van der Waals surface area contributed by atoms with E-state index >= 15 is 0 Å². The number of nitrogens with zero attached hydrogens (tertiary/aromatic N) is 3. The number of hydrogen-bond donors (Lipinski definition) is 1. The number of aliphatic hydroxyl groups excluding tert-OH is 1. The standard InChI is InChI=1S/C28H27N3O6S/c1-5-11-36-21-10-7-17(14-22(21)35-6-2)24-23(26(33)27(34)31(24)28-30-29-16(4)38-28)25(32)18-8-9-20-19(13-18)12-15(3)37-20/h5,7-10,13-15,24,32H,1,6,11-12H2,2-4H3/t15-,24-/m1/s1. The van der Waals surface area contributed by atoms with Crippen LogP contribution in [0.2, 0.25) is 0 Å². The Morgan fingerprint density at radius 1 is 1.21 bits per heavy atom. The number of ketones is 1. The van der Waals surface area contributed by atoms with Crippen molar-refractivity contribution in [1.82, 2.24) is 10.2 Å². The topological polar surface area (TPSA) is 111 Å². The zero-order chi connectivity index (χ0) is 27.0. The van der Waals surface area contributed by atoms with Gasteiger partial charge in [-0.3, -0.25) is 14.5 Å². The lowest BCUT2D eigenvalue weighted by Crippen LogP contribution is -2.29. The van der Waals surface area contributed by atoms with Crippen LogP contribution >= 0.6 is 11.3 Å². The number of aryl methyl sites for hydroxylation is 1. The average molecular weight is 534 g/mol. The quantitative estimate of drug-likeness (QED) is 0.191. The molecule has 0 unspecified atom stereocenters. The summed E-state index contributed by atoms with van der Waals surface area (Å²) >= 11 is 1.19. The maximum Gasteiger partial charge on any atom is 0.301 e. The summed E-state index contributed by atoms with van der Waals surface area (Å²) in [7, 11) is 0. The van der Waals surface area contributed by atoms with Crippen molar-refractivity contribution in [2.45, 2.75) is 39.3 Å². The third kappa shape index (κ3) is 4.51. The molecule has 1 N–H and O–H groups in total. The second-order valence-electron chi connectivity index (χ2n) is 8.97. The van der Waals surface area contributed by atoms with Gasteiger partial charge in [0.2, 0.25) is 5.13 Å². The van der Waals surface area contributed by atoms with E-state index in [1.54, 1.807) is 49.4 Å². The summed E-state index contributed by atoms with van der Waals surface area (Å²) in [5, 5.41) is 20.6. The molecule has 10 heteroatoms. The van der Waals surface area contributed by atoms with Gasteiger partial charge in [-0.1, -0.05) is 30.1 Å². The number of carbonyl (C=O) groups excluding carboxylic acids is 2. The van der Waals surface area contributed by atoms with E-state index < -0.39 is 17.7 Å². The molecule has 1 aromatic heterocycles. The van der Waals surface area contributed by atoms with Gasteiger partial charge in [-0.15, -0.1) is 10.2 Å². The van der Waals surface area contributed by atoms with E-state index in [1.165, 1.54) is 16.2 Å². The van der Waals surface area contributed by atoms with E-state index in [1.807, 2.05) is 13.8 Å². The number of ether oxygens (including phenoxy) is 3. The smallest absolute Gasteiger partial charge is 0.301 e. The SMILES string of the molecule is C=CCOc1ccc([C@@H]2C(=C(O)c3ccc4c(c3)C[C@@H](C)O4)C(=O)C(=O)N2c2nnc(C)s2)cc1OCC. The number of aliphatic hydroxyl groups is 1. The Labute approximate surface area is 224 Å². The molecule has 38 heavy (non-hydrogen) atoms. The lowest BCUT2D eigenvalue weighted by atomic mass is 9.94. The van der Waals surface area contributed by atoms with Crippen molar-refractivity contribution in [3.8, 4) is 17.2 Å². The second kappa shape index (κ2) is 10.3. The lowest BCUT2D eigenvalue weighted by Gasteiger charge is -2.23. The van der Waals surface area contributed by atoms with Gasteiger partial charge in [-0.25, -0.2) is 0 Å². The van der Waals surface area contributed by atoms with Crippen molar-refractivity contribution in [2.24, 2.45) is 0 Å². The molecule has 0 radical (unpaired) electrons. The van der Waals surface area contributed by atoms with Crippen LogP contribution in [0.25, 0.3) is 5.76 Å². The maximum atomic E-state index is 13.5. The minimum atomic E-state index is -0.960. The molecule has 1 saturated heterocycles. The Morgan fingerprint density at radius 2 is 2.03 bits per heavy atom. The third-order valence-corrected chi connectivity index (χ3v) is 7.11. The van der Waals surface area contributed by atoms with Gasteiger partial charge in [0, 0.05) is 12.0 Å². The van der Waals surface area contributed by atoms with Crippen LogP contribution in [-0.2, 0) is 16.0 Å². The van der Waals surface area contributed by atoms with Gasteiger partial charge in [-0.2, -0.15) is 0 Å². The van der Waals surface area contributed by atoms with Gasteiger partial charge < -0.3 is 19.3 Å². The number of amides is 1. The van der Waals surface area contributed by atoms with Crippen LogP contribution in [0.1, 0.15) is 41.6 Å². The Bertz CT molecular complexity index is 1460. The van der Waals surface area contributed by atoms with E-state index in [4.69, 9.17) is 14.2 Å². The molecule has 2 aromatic carbocycles. The first-order valence-corrected chi connectivity index (χ1v) is 13.1. The van der Waals surface area contributed by atoms with Crippen molar-refractivity contribution >= 4 is 33.9 Å². The molecule has 5 rings (SSSR count). The highest BCUT2D eigenvalue weighted by Crippen LogP contribution is 2.45. The molecule has 2 aliphatic heterocycles. The highest BCUT2D eigenvalue weighted by molar-refractivity contribution is 7.15. The summed E-state index contributed by atoms with van der Waals surface area (Å²) in [6.45, 7) is 9.91. The molecule has 2 aliphatic rings. The number of aromatic nitrogens is 2. The van der Waals surface area contributed by atoms with Crippen LogP contribution in [0.5, 0.6) is 17.2 Å². The summed E-state index contributed by atoms with van der Waals surface area (Å²) in [6.07, 6.45) is 2.33. The number of rotatable bonds is 8. The second-order valence-corrected chi connectivity index (χ2v) is 10.1. The van der Waals surface area contributed by atoms with Crippen molar-refractivity contribution in [3.05, 3.63) is 76.3 Å². The van der Waals surface area contributed by atoms with Gasteiger partial charge in [0.15, 0.2) is 11.5 Å². The first-order valence-electron chi connectivity index (χ1n) is 12.2. The largest absolute Gasteiger partial charge is 0.507 e. The predicted molar refractivity (Wildman–Crippen MR) is 143 cm³/mol. The van der Waals surface area contributed by atoms with Crippen molar-refractivity contribution in [3.63, 3.8) is 0 Å². The minimum Gasteiger partial charge on any atom is -0.507 e. The zero-order valence-corrected chi connectivity index (χ0v) is 22.1. The highest BCUT2D eigenvalue weighted by atomic mass is 32.1. The molecule has 3 aromatic rings. The van der Waals surface area contributed by atoms with E-state index in [2.05, 4.69) is 16.8 Å². The minimum absolute atomic E-state index is 0.0208. The summed E-state index contributed by atoms with van der Waals surface area (Å²) in [4.78, 5) is 28.1. The summed E-state index contributed by atoms with van der Waals surface area (Å²) < 4.78 is 17.3. The van der Waals surface area contributed by atoms with E-state index in [-0.39, 0.29) is 29.2 Å². The van der Waals surface area contributed by atoms with Crippen LogP contribution < -0.4 is 19.1 Å². The van der Waals surface area contributed by atoms with Crippen LogP contribution in [0.3, 0.4) is 0 Å². The van der Waals surface area contributed by atoms with E-state index in [0.29, 0.717) is 40.7 Å². The number of anilines is 1. The summed E-state index contributed by atoms with van der Waals surface area (Å²) in [5.41, 5.74) is 1.85. The molecule has 196 valence electrons. The van der Waals surface area contributed by atoms with E-state index in [0.717, 1.165) is 11.3 Å². The molecular formula is C28H27N3O6S. The summed E-state index contributed by atoms with van der Waals surface area (Å²) in [5.74, 6) is -0.205. The average Bonchev–Trinajstić information content (AvgIpc) is 3.57. The molecule has 9 nitrogen and oxygen atoms in total. The normalized spacial score (nSPS) is 19.8. The van der Waals surface area contributed by atoms with Crippen molar-refractivity contribution in [1.29, 1.82) is 0 Å². The molecule has 1 fully saturated rings. The number of Topliss-reactive ketones (excluding diaryl/α,β-unsaturated/α-hetero) is 1. The van der Waals surface area contributed by atoms with Crippen LogP contribution in [0, 0.1) is 6.92 Å². The first kappa shape index (κ1) is 25.5. The number of benzene rings is 2. The van der Waals surface area contributed by atoms with Crippen LogP contribution in [0.4, 0.5) is 5.13 Å². The van der Waals surface area contributed by atoms with Crippen LogP contribution in [-0.4, -0.2) is 46.3 Å². The van der Waals surface area contributed by atoms with E-state index in [9.17, 15) is 14.7 Å². The first-order chi connectivity index (χ1) is 18.3. The van der Waals surface area contributed by atoms with Gasteiger partial charge in [0.25, 0.3) is 5.78 Å². The lowest BCUT2D eigenvalue weighted by molar-refractivity contribution is -0.132. The molecule has 3 heterocycles. The highest BCUT2D eigenvalue weighted by Gasteiger charge is 2.48. The number of hydrogen-bond acceptors (Lipinski definition) is 9. The molecule has 0 aliphatic carbocycles.